The second-order valence-electron chi connectivity index (χ2n) is 4.92. The minimum absolute atomic E-state index is 0.0585. The molecule has 0 saturated heterocycles. The Morgan fingerprint density at radius 2 is 2.26 bits per heavy atom. The molecule has 19 heavy (non-hydrogen) atoms. The molecule has 1 saturated carbocycles. The molecule has 100 valence electrons. The molecule has 1 aliphatic carbocycles. The van der Waals surface area contributed by atoms with Gasteiger partial charge in [-0.25, -0.2) is 0 Å². The van der Waals surface area contributed by atoms with Crippen LogP contribution in [-0.2, 0) is 11.3 Å². The molecule has 5 heteroatoms. The Hall–Kier alpha value is -1.38. The molecule has 0 atom stereocenters. The standard InChI is InChI=1S/C14H15BrN2O2/c15-13-5-11(6-16)3-4-12(13)8-17(9-14(18)19)7-10-1-2-10/h3-5,10H,1-2,7-9H2,(H,18,19). The molecule has 1 aromatic carbocycles. The third-order valence-electron chi connectivity index (χ3n) is 3.15. The average molecular weight is 323 g/mol. The van der Waals surface area contributed by atoms with Gasteiger partial charge in [-0.15, -0.1) is 0 Å². The molecule has 0 bridgehead atoms. The quantitative estimate of drug-likeness (QED) is 0.874. The van der Waals surface area contributed by atoms with Gasteiger partial charge in [0.2, 0.25) is 0 Å². The largest absolute Gasteiger partial charge is 0.480 e. The molecule has 2 rings (SSSR count). The Balaban J connectivity index is 2.06. The molecule has 4 nitrogen and oxygen atoms in total. The number of carboxylic acid groups (broad SMARTS) is 1. The first-order valence-electron chi connectivity index (χ1n) is 6.21. The summed E-state index contributed by atoms with van der Waals surface area (Å²) < 4.78 is 0.859. The van der Waals surface area contributed by atoms with Crippen molar-refractivity contribution in [2.45, 2.75) is 19.4 Å². The summed E-state index contributed by atoms with van der Waals surface area (Å²) in [7, 11) is 0. The first-order chi connectivity index (χ1) is 9.08. The van der Waals surface area contributed by atoms with Gasteiger partial charge in [0.05, 0.1) is 18.2 Å². The molecule has 1 aromatic rings. The van der Waals surface area contributed by atoms with Crippen molar-refractivity contribution in [1.29, 1.82) is 5.26 Å². The average Bonchev–Trinajstić information content (AvgIpc) is 3.14. The number of rotatable bonds is 6. The van der Waals surface area contributed by atoms with Gasteiger partial charge >= 0.3 is 5.97 Å². The van der Waals surface area contributed by atoms with E-state index >= 15 is 0 Å². The molecule has 0 aromatic heterocycles. The lowest BCUT2D eigenvalue weighted by molar-refractivity contribution is -0.138. The normalized spacial score (nSPS) is 14.4. The van der Waals surface area contributed by atoms with Crippen LogP contribution in [0.3, 0.4) is 0 Å². The van der Waals surface area contributed by atoms with E-state index in [2.05, 4.69) is 22.0 Å². The van der Waals surface area contributed by atoms with Crippen molar-refractivity contribution >= 4 is 21.9 Å². The first kappa shape index (κ1) is 14.0. The number of aliphatic carboxylic acids is 1. The van der Waals surface area contributed by atoms with Crippen molar-refractivity contribution < 1.29 is 9.90 Å². The molecular weight excluding hydrogens is 308 g/mol. The Kier molecular flexibility index (Phi) is 4.56. The Morgan fingerprint density at radius 1 is 1.53 bits per heavy atom. The zero-order valence-electron chi connectivity index (χ0n) is 10.5. The van der Waals surface area contributed by atoms with Gasteiger partial charge < -0.3 is 5.11 Å². The predicted octanol–water partition coefficient (Wildman–Crippen LogP) is 2.62. The van der Waals surface area contributed by atoms with E-state index in [4.69, 9.17) is 10.4 Å². The van der Waals surface area contributed by atoms with Crippen LogP contribution in [0.25, 0.3) is 0 Å². The van der Waals surface area contributed by atoms with E-state index < -0.39 is 5.97 Å². The van der Waals surface area contributed by atoms with Crippen LogP contribution in [0.5, 0.6) is 0 Å². The van der Waals surface area contributed by atoms with Crippen LogP contribution in [0.4, 0.5) is 0 Å². The summed E-state index contributed by atoms with van der Waals surface area (Å²) >= 11 is 3.44. The van der Waals surface area contributed by atoms with Crippen molar-refractivity contribution in [1.82, 2.24) is 4.90 Å². The fourth-order valence-corrected chi connectivity index (χ4v) is 2.53. The van der Waals surface area contributed by atoms with E-state index in [0.29, 0.717) is 18.0 Å². The number of nitrogens with zero attached hydrogens (tertiary/aromatic N) is 2. The fourth-order valence-electron chi connectivity index (χ4n) is 2.03. The van der Waals surface area contributed by atoms with Crippen LogP contribution < -0.4 is 0 Å². The summed E-state index contributed by atoms with van der Waals surface area (Å²) in [6.07, 6.45) is 2.40. The third kappa shape index (κ3) is 4.34. The predicted molar refractivity (Wildman–Crippen MR) is 74.5 cm³/mol. The highest BCUT2D eigenvalue weighted by Crippen LogP contribution is 2.30. The van der Waals surface area contributed by atoms with Gasteiger partial charge in [0, 0.05) is 17.6 Å². The van der Waals surface area contributed by atoms with E-state index in [1.165, 1.54) is 12.8 Å². The summed E-state index contributed by atoms with van der Waals surface area (Å²) in [5, 5.41) is 17.8. The van der Waals surface area contributed by atoms with Crippen molar-refractivity contribution in [3.8, 4) is 6.07 Å². The highest BCUT2D eigenvalue weighted by molar-refractivity contribution is 9.10. The second-order valence-corrected chi connectivity index (χ2v) is 5.78. The molecule has 0 unspecified atom stereocenters. The maximum Gasteiger partial charge on any atom is 0.317 e. The Morgan fingerprint density at radius 3 is 2.79 bits per heavy atom. The molecule has 0 amide bonds. The summed E-state index contributed by atoms with van der Waals surface area (Å²) in [4.78, 5) is 12.8. The molecule has 0 heterocycles. The van der Waals surface area contributed by atoms with Gasteiger partial charge in [-0.05, 0) is 36.5 Å². The third-order valence-corrected chi connectivity index (χ3v) is 3.89. The van der Waals surface area contributed by atoms with Gasteiger partial charge in [0.15, 0.2) is 0 Å². The van der Waals surface area contributed by atoms with Crippen molar-refractivity contribution in [3.63, 3.8) is 0 Å². The van der Waals surface area contributed by atoms with Crippen LogP contribution >= 0.6 is 15.9 Å². The van der Waals surface area contributed by atoms with Gasteiger partial charge in [-0.2, -0.15) is 5.26 Å². The topological polar surface area (TPSA) is 64.3 Å². The van der Waals surface area contributed by atoms with Gasteiger partial charge in [-0.3, -0.25) is 9.69 Å². The molecular formula is C14H15BrN2O2. The first-order valence-corrected chi connectivity index (χ1v) is 7.00. The highest BCUT2D eigenvalue weighted by atomic mass is 79.9. The zero-order valence-corrected chi connectivity index (χ0v) is 12.1. The summed E-state index contributed by atoms with van der Waals surface area (Å²) in [6.45, 7) is 1.48. The van der Waals surface area contributed by atoms with Crippen LogP contribution in [0.1, 0.15) is 24.0 Å². The Labute approximate surface area is 120 Å². The smallest absolute Gasteiger partial charge is 0.317 e. The number of carboxylic acids is 1. The molecule has 0 radical (unpaired) electrons. The van der Waals surface area contributed by atoms with E-state index in [-0.39, 0.29) is 6.54 Å². The molecule has 1 aliphatic rings. The highest BCUT2D eigenvalue weighted by Gasteiger charge is 2.25. The molecule has 1 N–H and O–H groups in total. The number of halogens is 1. The summed E-state index contributed by atoms with van der Waals surface area (Å²) in [5.74, 6) is -0.151. The van der Waals surface area contributed by atoms with Gasteiger partial charge in [0.1, 0.15) is 0 Å². The lowest BCUT2D eigenvalue weighted by Gasteiger charge is -2.20. The van der Waals surface area contributed by atoms with Crippen molar-refractivity contribution in [2.75, 3.05) is 13.1 Å². The summed E-state index contributed by atoms with van der Waals surface area (Å²) in [5.41, 5.74) is 1.61. The number of nitriles is 1. The monoisotopic (exact) mass is 322 g/mol. The maximum atomic E-state index is 10.9. The lowest BCUT2D eigenvalue weighted by atomic mass is 10.1. The van der Waals surface area contributed by atoms with Crippen molar-refractivity contribution in [3.05, 3.63) is 33.8 Å². The van der Waals surface area contributed by atoms with E-state index in [1.54, 1.807) is 12.1 Å². The van der Waals surface area contributed by atoms with E-state index in [1.807, 2.05) is 11.0 Å². The SMILES string of the molecule is N#Cc1ccc(CN(CC(=O)O)CC2CC2)c(Br)c1. The van der Waals surface area contributed by atoms with Crippen LogP contribution in [-0.4, -0.2) is 29.1 Å². The number of hydrogen-bond acceptors (Lipinski definition) is 3. The molecule has 0 aliphatic heterocycles. The second kappa shape index (κ2) is 6.18. The van der Waals surface area contributed by atoms with Gasteiger partial charge in [0.25, 0.3) is 0 Å². The van der Waals surface area contributed by atoms with Crippen LogP contribution in [0.15, 0.2) is 22.7 Å². The molecule has 0 spiro atoms. The summed E-state index contributed by atoms with van der Waals surface area (Å²) in [6, 6.07) is 7.49. The number of carbonyl (C=O) groups is 1. The minimum Gasteiger partial charge on any atom is -0.480 e. The van der Waals surface area contributed by atoms with Crippen LogP contribution in [0, 0.1) is 17.2 Å². The van der Waals surface area contributed by atoms with Gasteiger partial charge in [-0.1, -0.05) is 22.0 Å². The number of benzene rings is 1. The Bertz CT molecular complexity index is 521. The lowest BCUT2D eigenvalue weighted by Crippen LogP contribution is -2.31. The van der Waals surface area contributed by atoms with Crippen LogP contribution in [0.2, 0.25) is 0 Å². The maximum absolute atomic E-state index is 10.9. The zero-order chi connectivity index (χ0) is 13.8. The number of hydrogen-bond donors (Lipinski definition) is 1. The van der Waals surface area contributed by atoms with E-state index in [0.717, 1.165) is 16.6 Å². The minimum atomic E-state index is -0.801. The fraction of sp³-hybridized carbons (Fsp3) is 0.429. The van der Waals surface area contributed by atoms with Crippen molar-refractivity contribution in [2.24, 2.45) is 5.92 Å². The molecule has 1 fully saturated rings. The van der Waals surface area contributed by atoms with E-state index in [9.17, 15) is 4.79 Å².